The lowest BCUT2D eigenvalue weighted by atomic mass is 9.98. The molecule has 1 aromatic rings. The maximum Gasteiger partial charge on any atom is 0.331 e. The zero-order chi connectivity index (χ0) is 15.3. The molecule has 0 bridgehead atoms. The molecule has 6 nitrogen and oxygen atoms in total. The predicted octanol–water partition coefficient (Wildman–Crippen LogP) is 0.952. The average Bonchev–Trinajstić information content (AvgIpc) is 2.95. The van der Waals surface area contributed by atoms with E-state index >= 15 is 0 Å². The van der Waals surface area contributed by atoms with E-state index in [1.54, 1.807) is 6.92 Å². The van der Waals surface area contributed by atoms with Crippen LogP contribution in [0.25, 0.3) is 0 Å². The molecule has 2 atom stereocenters. The number of amides is 1. The van der Waals surface area contributed by atoms with Gasteiger partial charge in [-0.3, -0.25) is 4.79 Å². The smallest absolute Gasteiger partial charge is 0.331 e. The minimum atomic E-state index is -1.33. The summed E-state index contributed by atoms with van der Waals surface area (Å²) in [7, 11) is 0. The Hall–Kier alpha value is -1.92. The standard InChI is InChI=1S/C15H19NO5/c1-11(21-9-12-5-3-2-4-6-12)13(17)16-15(14(18)19)7-8-20-10-15/h2-6,11H,7-10H2,1H3,(H,16,17)(H,18,19). The van der Waals surface area contributed by atoms with E-state index in [0.717, 1.165) is 5.56 Å². The summed E-state index contributed by atoms with van der Waals surface area (Å²) >= 11 is 0. The van der Waals surface area contributed by atoms with Gasteiger partial charge in [-0.25, -0.2) is 4.79 Å². The molecular formula is C15H19NO5. The highest BCUT2D eigenvalue weighted by Gasteiger charge is 2.44. The van der Waals surface area contributed by atoms with Crippen LogP contribution in [0.1, 0.15) is 18.9 Å². The summed E-state index contributed by atoms with van der Waals surface area (Å²) in [4.78, 5) is 23.4. The first-order valence-electron chi connectivity index (χ1n) is 6.82. The molecule has 1 amide bonds. The molecule has 1 aromatic carbocycles. The van der Waals surface area contributed by atoms with Gasteiger partial charge in [0.2, 0.25) is 5.91 Å². The Morgan fingerprint density at radius 3 is 2.71 bits per heavy atom. The SMILES string of the molecule is CC(OCc1ccccc1)C(=O)NC1(C(=O)O)CCOC1. The largest absolute Gasteiger partial charge is 0.479 e. The second-order valence-corrected chi connectivity index (χ2v) is 5.12. The second-order valence-electron chi connectivity index (χ2n) is 5.12. The van der Waals surface area contributed by atoms with Gasteiger partial charge >= 0.3 is 5.97 Å². The molecule has 21 heavy (non-hydrogen) atoms. The molecule has 0 radical (unpaired) electrons. The van der Waals surface area contributed by atoms with Crippen LogP contribution >= 0.6 is 0 Å². The van der Waals surface area contributed by atoms with Gasteiger partial charge in [0, 0.05) is 13.0 Å². The van der Waals surface area contributed by atoms with Gasteiger partial charge in [0.05, 0.1) is 13.2 Å². The van der Waals surface area contributed by atoms with Gasteiger partial charge in [-0.1, -0.05) is 30.3 Å². The van der Waals surface area contributed by atoms with Crippen molar-refractivity contribution in [2.24, 2.45) is 0 Å². The minimum absolute atomic E-state index is 0.0144. The molecule has 1 fully saturated rings. The third-order valence-electron chi connectivity index (χ3n) is 3.51. The molecule has 0 aromatic heterocycles. The number of hydrogen-bond donors (Lipinski definition) is 2. The van der Waals surface area contributed by atoms with Crippen LogP contribution in [0.2, 0.25) is 0 Å². The lowest BCUT2D eigenvalue weighted by Gasteiger charge is -2.25. The average molecular weight is 293 g/mol. The van der Waals surface area contributed by atoms with Gasteiger partial charge in [-0.05, 0) is 12.5 Å². The quantitative estimate of drug-likeness (QED) is 0.816. The van der Waals surface area contributed by atoms with E-state index in [2.05, 4.69) is 5.32 Å². The summed E-state index contributed by atoms with van der Waals surface area (Å²) in [6.07, 6.45) is -0.471. The van der Waals surface area contributed by atoms with Crippen LogP contribution < -0.4 is 5.32 Å². The fourth-order valence-corrected chi connectivity index (χ4v) is 2.09. The molecule has 2 rings (SSSR count). The first-order valence-corrected chi connectivity index (χ1v) is 6.82. The Balaban J connectivity index is 1.89. The molecule has 1 saturated heterocycles. The van der Waals surface area contributed by atoms with E-state index in [1.165, 1.54) is 0 Å². The van der Waals surface area contributed by atoms with Gasteiger partial charge in [0.1, 0.15) is 6.10 Å². The number of carbonyl (C=O) groups excluding carboxylic acids is 1. The van der Waals surface area contributed by atoms with Crippen molar-refractivity contribution in [3.8, 4) is 0 Å². The summed E-state index contributed by atoms with van der Waals surface area (Å²) in [6, 6.07) is 9.47. The Morgan fingerprint density at radius 1 is 1.43 bits per heavy atom. The monoisotopic (exact) mass is 293 g/mol. The third-order valence-corrected chi connectivity index (χ3v) is 3.51. The predicted molar refractivity (Wildman–Crippen MR) is 74.6 cm³/mol. The number of carbonyl (C=O) groups is 2. The maximum atomic E-state index is 12.1. The molecule has 2 unspecified atom stereocenters. The normalized spacial score (nSPS) is 22.7. The van der Waals surface area contributed by atoms with Crippen LogP contribution in [-0.2, 0) is 25.7 Å². The summed E-state index contributed by atoms with van der Waals surface area (Å²) in [5, 5.41) is 11.8. The number of ether oxygens (including phenoxy) is 2. The van der Waals surface area contributed by atoms with Crippen LogP contribution in [0.4, 0.5) is 0 Å². The number of aliphatic carboxylic acids is 1. The number of nitrogens with one attached hydrogen (secondary N) is 1. The third kappa shape index (κ3) is 3.80. The van der Waals surface area contributed by atoms with Crippen LogP contribution in [0.3, 0.4) is 0 Å². The Kier molecular flexibility index (Phi) is 4.93. The van der Waals surface area contributed by atoms with Crippen molar-refractivity contribution in [3.63, 3.8) is 0 Å². The van der Waals surface area contributed by atoms with Crippen LogP contribution in [-0.4, -0.2) is 41.8 Å². The van der Waals surface area contributed by atoms with Crippen molar-refractivity contribution in [1.29, 1.82) is 0 Å². The molecular weight excluding hydrogens is 274 g/mol. The Bertz CT molecular complexity index is 496. The van der Waals surface area contributed by atoms with E-state index in [0.29, 0.717) is 13.2 Å². The Labute approximate surface area is 123 Å². The molecule has 1 aliphatic heterocycles. The lowest BCUT2D eigenvalue weighted by molar-refractivity contribution is -0.150. The fourth-order valence-electron chi connectivity index (χ4n) is 2.09. The van der Waals surface area contributed by atoms with Crippen molar-refractivity contribution in [1.82, 2.24) is 5.32 Å². The summed E-state index contributed by atoms with van der Waals surface area (Å²) in [5.74, 6) is -1.53. The van der Waals surface area contributed by atoms with Crippen molar-refractivity contribution < 1.29 is 24.2 Å². The van der Waals surface area contributed by atoms with Gasteiger partial charge in [-0.2, -0.15) is 0 Å². The van der Waals surface area contributed by atoms with E-state index < -0.39 is 23.5 Å². The van der Waals surface area contributed by atoms with E-state index in [9.17, 15) is 14.7 Å². The van der Waals surface area contributed by atoms with Crippen molar-refractivity contribution in [3.05, 3.63) is 35.9 Å². The zero-order valence-corrected chi connectivity index (χ0v) is 11.9. The summed E-state index contributed by atoms with van der Waals surface area (Å²) in [5.41, 5.74) is -0.379. The first-order chi connectivity index (χ1) is 10.0. The number of hydrogen-bond acceptors (Lipinski definition) is 4. The van der Waals surface area contributed by atoms with E-state index in [4.69, 9.17) is 9.47 Å². The van der Waals surface area contributed by atoms with Crippen LogP contribution in [0, 0.1) is 0 Å². The highest BCUT2D eigenvalue weighted by molar-refractivity contribution is 5.89. The molecule has 0 aliphatic carbocycles. The molecule has 1 heterocycles. The van der Waals surface area contributed by atoms with Crippen molar-refractivity contribution >= 4 is 11.9 Å². The number of benzene rings is 1. The second kappa shape index (κ2) is 6.69. The number of rotatable bonds is 6. The highest BCUT2D eigenvalue weighted by atomic mass is 16.5. The minimum Gasteiger partial charge on any atom is -0.479 e. The molecule has 6 heteroatoms. The molecule has 114 valence electrons. The highest BCUT2D eigenvalue weighted by Crippen LogP contribution is 2.19. The van der Waals surface area contributed by atoms with Gasteiger partial charge in [-0.15, -0.1) is 0 Å². The molecule has 0 spiro atoms. The molecule has 1 aliphatic rings. The fraction of sp³-hybridized carbons (Fsp3) is 0.467. The van der Waals surface area contributed by atoms with E-state index in [1.807, 2.05) is 30.3 Å². The maximum absolute atomic E-state index is 12.1. The van der Waals surface area contributed by atoms with Crippen molar-refractivity contribution in [2.75, 3.05) is 13.2 Å². The number of carboxylic acid groups (broad SMARTS) is 1. The van der Waals surface area contributed by atoms with Gasteiger partial charge in [0.25, 0.3) is 0 Å². The van der Waals surface area contributed by atoms with E-state index in [-0.39, 0.29) is 13.0 Å². The van der Waals surface area contributed by atoms with Gasteiger partial charge < -0.3 is 19.9 Å². The van der Waals surface area contributed by atoms with Gasteiger partial charge in [0.15, 0.2) is 5.54 Å². The number of carboxylic acids is 1. The van der Waals surface area contributed by atoms with Crippen LogP contribution in [0.15, 0.2) is 30.3 Å². The topological polar surface area (TPSA) is 84.9 Å². The molecule has 2 N–H and O–H groups in total. The van der Waals surface area contributed by atoms with Crippen molar-refractivity contribution in [2.45, 2.75) is 31.6 Å². The Morgan fingerprint density at radius 2 is 2.14 bits per heavy atom. The zero-order valence-electron chi connectivity index (χ0n) is 11.9. The van der Waals surface area contributed by atoms with Crippen LogP contribution in [0.5, 0.6) is 0 Å². The summed E-state index contributed by atoms with van der Waals surface area (Å²) < 4.78 is 10.6. The molecule has 0 saturated carbocycles. The first kappa shape index (κ1) is 15.5. The summed E-state index contributed by atoms with van der Waals surface area (Å²) in [6.45, 7) is 2.21. The lowest BCUT2D eigenvalue weighted by Crippen LogP contribution is -2.57.